The van der Waals surface area contributed by atoms with E-state index in [0.717, 1.165) is 39.9 Å². The van der Waals surface area contributed by atoms with Gasteiger partial charge in [0, 0.05) is 107 Å². The molecule has 0 fully saturated rings. The van der Waals surface area contributed by atoms with Crippen LogP contribution >= 0.6 is 0 Å². The number of aromatic nitrogens is 4. The third kappa shape index (κ3) is 16.8. The molecule has 12 aromatic rings. The molecule has 8 aromatic carbocycles. The largest absolute Gasteiger partial charge is 0.325 e. The average molecular weight is 1520 g/mol. The van der Waals surface area contributed by atoms with Crippen LogP contribution in [0, 0.1) is 90.0 Å². The molecule has 0 spiro atoms. The Hall–Kier alpha value is -12.3. The van der Waals surface area contributed by atoms with E-state index < -0.39 is 0 Å². The highest BCUT2D eigenvalue weighted by molar-refractivity contribution is 5.94. The van der Waals surface area contributed by atoms with Crippen LogP contribution in [0.5, 0.6) is 0 Å². The fourth-order valence-corrected chi connectivity index (χ4v) is 17.6. The van der Waals surface area contributed by atoms with Crippen LogP contribution in [0.25, 0.3) is 44.5 Å². The summed E-state index contributed by atoms with van der Waals surface area (Å²) in [7, 11) is 0. The van der Waals surface area contributed by atoms with Crippen LogP contribution in [-0.2, 0) is 0 Å². The van der Waals surface area contributed by atoms with Crippen LogP contribution in [0.15, 0.2) is 274 Å². The molecule has 12 heteroatoms. The van der Waals surface area contributed by atoms with Gasteiger partial charge in [-0.25, -0.2) is 0 Å². The third-order valence-corrected chi connectivity index (χ3v) is 22.8. The molecule has 0 radical (unpaired) electrons. The van der Waals surface area contributed by atoms with E-state index in [2.05, 4.69) is 463 Å². The molecular formula is C103H114N12. The van der Waals surface area contributed by atoms with Gasteiger partial charge in [0.15, 0.2) is 0 Å². The maximum absolute atomic E-state index is 4.75. The van der Waals surface area contributed by atoms with Gasteiger partial charge in [0.1, 0.15) is 24.7 Å². The van der Waals surface area contributed by atoms with Crippen molar-refractivity contribution in [2.24, 2.45) is 0 Å². The number of para-hydroxylation sites is 4. The topological polar surface area (TPSA) is 77.5 Å². The predicted molar refractivity (Wildman–Crippen MR) is 488 cm³/mol. The summed E-state index contributed by atoms with van der Waals surface area (Å²) in [6, 6.07) is 77.6. The molecule has 4 aliphatic heterocycles. The molecule has 4 aliphatic rings. The molecular weight excluding hydrogens is 1410 g/mol. The standard InChI is InChI=1S/C30H29N3.C29H27N3.C24H33N3.C20H25N3/c1-21-20-22(2)31-23(3)29(21)32-18-19-33(24(32)4)30-27(25-12-7-5-8-13-25)16-11-17-28(30)26-14-9-6-10-15-26;1-21-17-18-30-22(2)28(21)31-19-20-32(23(31)3)29-26(24-11-6-4-7-12-24)15-10-16-27(29)25-13-8-5-9-14-25;1-15(2)21-10-9-11-22(16(3)4)24(21)27-13-12-26(20(27)8)23-17(5)14-18(6)25-19(23)7;1-13-8-7-9-14(2)19(13)22-10-11-23(18(22)6)20-15(3)12-16(4)21-17(20)5/h5-20,24H,1-4H3;4-20,23H,1-3H3;9-16,20H,1-8H3;7-12,18H,1-6H3/t24-;23-;20-;18-/m0001/s1. The molecule has 4 aromatic heterocycles. The maximum Gasteiger partial charge on any atom is 0.107 e. The fourth-order valence-electron chi connectivity index (χ4n) is 17.6. The molecule has 8 heterocycles. The van der Waals surface area contributed by atoms with Crippen molar-refractivity contribution in [1.82, 2.24) is 19.9 Å². The van der Waals surface area contributed by atoms with E-state index in [1.165, 1.54) is 135 Å². The SMILES string of the molecule is Cc1cc(C)c(N2C=CN(c3c(-c4ccccc4)cccc3-c3ccccc3)[C@H]2C)c(C)n1.Cc1cc(C)c(N2C=CN(c3c(C(C)C)cccc3C(C)C)[C@H]2C)c(C)n1.Cc1cc(C)c(N2C=CN(c3c(C)cccc3C)[C@H]2C)c(C)n1.Cc1ccnc(C)c1N1C=CN(c2c(-c3ccccc3)cccc2-c2ccccc2)[C@H]1C. The smallest absolute Gasteiger partial charge is 0.107 e. The van der Waals surface area contributed by atoms with Gasteiger partial charge in [-0.3, -0.25) is 19.9 Å². The van der Waals surface area contributed by atoms with E-state index in [-0.39, 0.29) is 24.7 Å². The molecule has 16 rings (SSSR count). The minimum absolute atomic E-state index is 0.110. The lowest BCUT2D eigenvalue weighted by Crippen LogP contribution is -2.37. The first-order valence-corrected chi connectivity index (χ1v) is 40.7. The monoisotopic (exact) mass is 1520 g/mol. The summed E-state index contributed by atoms with van der Waals surface area (Å²) in [4.78, 5) is 37.6. The van der Waals surface area contributed by atoms with Gasteiger partial charge in [-0.05, 0) is 221 Å². The normalized spacial score (nSPS) is 16.1. The summed E-state index contributed by atoms with van der Waals surface area (Å²) in [5.74, 6) is 0.968. The summed E-state index contributed by atoms with van der Waals surface area (Å²) in [5.41, 5.74) is 37.6. The number of aryl methyl sites for hydroxylation is 13. The molecule has 12 nitrogen and oxygen atoms in total. The Balaban J connectivity index is 0.000000135. The summed E-state index contributed by atoms with van der Waals surface area (Å²) >= 11 is 0. The lowest BCUT2D eigenvalue weighted by atomic mass is 9.92. The zero-order valence-electron chi connectivity index (χ0n) is 71.3. The quantitative estimate of drug-likeness (QED) is 0.104. The molecule has 0 amide bonds. The molecule has 0 saturated carbocycles. The molecule has 0 saturated heterocycles. The fraction of sp³-hybridized carbons (Fsp3) is 0.262. The Kier molecular flexibility index (Phi) is 24.6. The van der Waals surface area contributed by atoms with E-state index >= 15 is 0 Å². The van der Waals surface area contributed by atoms with E-state index in [4.69, 9.17) is 9.97 Å². The summed E-state index contributed by atoms with van der Waals surface area (Å²) in [6.07, 6.45) is 20.1. The van der Waals surface area contributed by atoms with Crippen molar-refractivity contribution in [3.05, 3.63) is 359 Å². The van der Waals surface area contributed by atoms with Gasteiger partial charge < -0.3 is 39.2 Å². The Morgan fingerprint density at radius 1 is 0.235 bits per heavy atom. The van der Waals surface area contributed by atoms with Gasteiger partial charge in [-0.2, -0.15) is 0 Å². The second kappa shape index (κ2) is 35.0. The minimum Gasteiger partial charge on any atom is -0.325 e. The highest BCUT2D eigenvalue weighted by Crippen LogP contribution is 2.48. The van der Waals surface area contributed by atoms with Crippen molar-refractivity contribution in [3.63, 3.8) is 0 Å². The first-order valence-electron chi connectivity index (χ1n) is 40.7. The van der Waals surface area contributed by atoms with Gasteiger partial charge in [-0.1, -0.05) is 222 Å². The van der Waals surface area contributed by atoms with Crippen LogP contribution in [0.3, 0.4) is 0 Å². The van der Waals surface area contributed by atoms with Crippen LogP contribution < -0.4 is 39.2 Å². The second-order valence-corrected chi connectivity index (χ2v) is 31.8. The number of hydrogen-bond acceptors (Lipinski definition) is 12. The van der Waals surface area contributed by atoms with Gasteiger partial charge in [0.05, 0.1) is 56.9 Å². The van der Waals surface area contributed by atoms with Crippen molar-refractivity contribution < 1.29 is 0 Å². The maximum atomic E-state index is 4.75. The highest BCUT2D eigenvalue weighted by atomic mass is 15.4. The van der Waals surface area contributed by atoms with Crippen LogP contribution in [0.1, 0.15) is 152 Å². The highest BCUT2D eigenvalue weighted by Gasteiger charge is 2.35. The van der Waals surface area contributed by atoms with Crippen molar-refractivity contribution in [2.75, 3.05) is 39.2 Å². The van der Waals surface area contributed by atoms with Crippen molar-refractivity contribution in [2.45, 2.75) is 182 Å². The molecule has 586 valence electrons. The Morgan fingerprint density at radius 3 is 0.757 bits per heavy atom. The molecule has 0 N–H and O–H groups in total. The molecule has 115 heavy (non-hydrogen) atoms. The number of benzene rings is 8. The molecule has 0 unspecified atom stereocenters. The van der Waals surface area contributed by atoms with Crippen molar-refractivity contribution in [1.29, 1.82) is 0 Å². The number of rotatable bonds is 14. The summed E-state index contributed by atoms with van der Waals surface area (Å²) in [6.45, 7) is 45.7. The van der Waals surface area contributed by atoms with E-state index in [0.29, 0.717) is 11.8 Å². The number of nitrogens with zero attached hydrogens (tertiary/aromatic N) is 12. The number of hydrogen-bond donors (Lipinski definition) is 0. The molecule has 4 atom stereocenters. The lowest BCUT2D eigenvalue weighted by Gasteiger charge is -2.35. The third-order valence-electron chi connectivity index (χ3n) is 22.8. The van der Waals surface area contributed by atoms with E-state index in [1.54, 1.807) is 0 Å². The van der Waals surface area contributed by atoms with Crippen LogP contribution in [0.4, 0.5) is 45.5 Å². The van der Waals surface area contributed by atoms with Crippen molar-refractivity contribution >= 4 is 45.5 Å². The zero-order valence-corrected chi connectivity index (χ0v) is 71.3. The number of pyridine rings is 4. The second-order valence-electron chi connectivity index (χ2n) is 31.8. The van der Waals surface area contributed by atoms with Gasteiger partial charge in [-0.15, -0.1) is 0 Å². The van der Waals surface area contributed by atoms with Crippen LogP contribution in [-0.4, -0.2) is 44.6 Å². The Labute approximate surface area is 685 Å². The van der Waals surface area contributed by atoms with E-state index in [1.807, 2.05) is 6.20 Å². The molecule has 0 aliphatic carbocycles. The average Bonchev–Trinajstić information content (AvgIpc) is 1.67. The Bertz CT molecular complexity index is 5320. The predicted octanol–water partition coefficient (Wildman–Crippen LogP) is 25.8. The van der Waals surface area contributed by atoms with Gasteiger partial charge >= 0.3 is 0 Å². The molecule has 0 bridgehead atoms. The Morgan fingerprint density at radius 2 is 0.478 bits per heavy atom. The van der Waals surface area contributed by atoms with Gasteiger partial charge in [0.2, 0.25) is 0 Å². The van der Waals surface area contributed by atoms with Crippen LogP contribution in [0.2, 0.25) is 0 Å². The first kappa shape index (κ1) is 80.8. The first-order chi connectivity index (χ1) is 55.3. The van der Waals surface area contributed by atoms with Gasteiger partial charge in [0.25, 0.3) is 0 Å². The van der Waals surface area contributed by atoms with Crippen molar-refractivity contribution in [3.8, 4) is 44.5 Å². The summed E-state index contributed by atoms with van der Waals surface area (Å²) < 4.78 is 0. The minimum atomic E-state index is 0.110. The lowest BCUT2D eigenvalue weighted by molar-refractivity contribution is 0.723. The zero-order chi connectivity index (χ0) is 81.6. The summed E-state index contributed by atoms with van der Waals surface area (Å²) in [5, 5.41) is 0. The number of anilines is 8. The van der Waals surface area contributed by atoms with E-state index in [9.17, 15) is 0 Å².